The first-order chi connectivity index (χ1) is 17.6. The highest BCUT2D eigenvalue weighted by Gasteiger charge is 2.38. The number of nitrogens with one attached hydrogen (secondary N) is 4. The molecule has 2 aliphatic rings. The second-order valence-electron chi connectivity index (χ2n) is 8.39. The van der Waals surface area contributed by atoms with Crippen molar-refractivity contribution in [3.05, 3.63) is 64.8 Å². The number of nitrogens with zero attached hydrogens (tertiary/aromatic N) is 2. The molecule has 0 spiro atoms. The minimum atomic E-state index is -5.08. The van der Waals surface area contributed by atoms with Gasteiger partial charge in [0.1, 0.15) is 5.02 Å². The summed E-state index contributed by atoms with van der Waals surface area (Å²) in [5, 5.41) is 20.0. The number of carboxylic acid groups (broad SMARTS) is 1. The molecule has 0 radical (unpaired) electrons. The van der Waals surface area contributed by atoms with Gasteiger partial charge in [-0.3, -0.25) is 0 Å². The first-order valence-electron chi connectivity index (χ1n) is 11.2. The predicted molar refractivity (Wildman–Crippen MR) is 133 cm³/mol. The Kier molecular flexibility index (Phi) is 7.67. The molecule has 1 fully saturated rings. The van der Waals surface area contributed by atoms with Gasteiger partial charge >= 0.3 is 18.2 Å². The van der Waals surface area contributed by atoms with Gasteiger partial charge in [0.2, 0.25) is 5.95 Å². The normalized spacial score (nSPS) is 14.2. The van der Waals surface area contributed by atoms with Crippen molar-refractivity contribution in [3.63, 3.8) is 0 Å². The Labute approximate surface area is 214 Å². The molecule has 1 saturated carbocycles. The number of rotatable bonds is 2. The average Bonchev–Trinajstić information content (AvgIpc) is 3.64. The van der Waals surface area contributed by atoms with Crippen molar-refractivity contribution in [2.45, 2.75) is 37.9 Å². The number of aryl methyl sites for hydroxylation is 2. The van der Waals surface area contributed by atoms with Crippen molar-refractivity contribution in [2.75, 3.05) is 16.0 Å². The number of fused-ring (bicyclic) bond motifs is 6. The zero-order valence-corrected chi connectivity index (χ0v) is 20.0. The maximum absolute atomic E-state index is 12.3. The molecule has 2 amide bonds. The Balaban J connectivity index is 0.000000405. The van der Waals surface area contributed by atoms with E-state index in [1.807, 2.05) is 30.3 Å². The maximum atomic E-state index is 12.3. The van der Waals surface area contributed by atoms with Crippen molar-refractivity contribution in [3.8, 4) is 0 Å². The monoisotopic (exact) mass is 534 g/mol. The van der Waals surface area contributed by atoms with Gasteiger partial charge in [0, 0.05) is 23.1 Å². The lowest BCUT2D eigenvalue weighted by Crippen LogP contribution is -2.30. The van der Waals surface area contributed by atoms with Gasteiger partial charge in [-0.05, 0) is 67.1 Å². The van der Waals surface area contributed by atoms with Crippen LogP contribution in [-0.2, 0) is 17.6 Å². The van der Waals surface area contributed by atoms with Crippen LogP contribution in [0.2, 0.25) is 5.02 Å². The number of aromatic nitrogens is 2. The lowest BCUT2D eigenvalue weighted by Gasteiger charge is -2.15. The van der Waals surface area contributed by atoms with E-state index in [1.165, 1.54) is 5.56 Å². The highest BCUT2D eigenvalue weighted by molar-refractivity contribution is 6.32. The third-order valence-corrected chi connectivity index (χ3v) is 5.66. The van der Waals surface area contributed by atoms with Crippen LogP contribution in [0.1, 0.15) is 24.0 Å². The SMILES string of the molecule is O=C(Nc1ccc2cc1CCc1cccc(c1)Nc1ncc(Cl)c(n1)N2)NC1CC1.O=C(O)C(F)(F)F. The van der Waals surface area contributed by atoms with E-state index in [0.717, 1.165) is 48.3 Å². The molecule has 194 valence electrons. The number of alkyl halides is 3. The fraction of sp³-hybridized carbons (Fsp3) is 0.250. The summed E-state index contributed by atoms with van der Waals surface area (Å²) in [6, 6.07) is 14.1. The number of aliphatic carboxylic acids is 1. The Morgan fingerprint density at radius 2 is 1.78 bits per heavy atom. The molecular formula is C24H22ClF3N6O3. The summed E-state index contributed by atoms with van der Waals surface area (Å²) in [5.74, 6) is -1.77. The van der Waals surface area contributed by atoms with Crippen LogP contribution in [-0.4, -0.2) is 39.3 Å². The smallest absolute Gasteiger partial charge is 0.475 e. The van der Waals surface area contributed by atoms with Crippen LogP contribution in [0, 0.1) is 0 Å². The second kappa shape index (κ2) is 10.9. The quantitative estimate of drug-likeness (QED) is 0.288. The highest BCUT2D eigenvalue weighted by atomic mass is 35.5. The molecule has 0 saturated heterocycles. The molecule has 13 heteroatoms. The molecule has 1 aliphatic heterocycles. The van der Waals surface area contributed by atoms with Gasteiger partial charge in [-0.15, -0.1) is 0 Å². The minimum absolute atomic E-state index is 0.160. The van der Waals surface area contributed by atoms with Crippen molar-refractivity contribution in [1.29, 1.82) is 0 Å². The first-order valence-corrected chi connectivity index (χ1v) is 11.6. The lowest BCUT2D eigenvalue weighted by atomic mass is 10.0. The number of benzene rings is 2. The third-order valence-electron chi connectivity index (χ3n) is 5.38. The van der Waals surface area contributed by atoms with Crippen LogP contribution in [0.3, 0.4) is 0 Å². The lowest BCUT2D eigenvalue weighted by molar-refractivity contribution is -0.192. The van der Waals surface area contributed by atoms with E-state index in [-0.39, 0.29) is 6.03 Å². The fourth-order valence-electron chi connectivity index (χ4n) is 3.44. The Hall–Kier alpha value is -4.06. The number of hydrogen-bond acceptors (Lipinski definition) is 6. The summed E-state index contributed by atoms with van der Waals surface area (Å²) < 4.78 is 31.7. The van der Waals surface area contributed by atoms with Gasteiger partial charge in [0.25, 0.3) is 0 Å². The maximum Gasteiger partial charge on any atom is 0.490 e. The Morgan fingerprint density at radius 1 is 1.05 bits per heavy atom. The molecule has 5 rings (SSSR count). The van der Waals surface area contributed by atoms with Crippen LogP contribution in [0.5, 0.6) is 0 Å². The van der Waals surface area contributed by atoms with Crippen molar-refractivity contribution in [1.82, 2.24) is 15.3 Å². The number of carbonyl (C=O) groups excluding carboxylic acids is 1. The van der Waals surface area contributed by atoms with Gasteiger partial charge in [0.15, 0.2) is 5.82 Å². The summed E-state index contributed by atoms with van der Waals surface area (Å²) in [5.41, 5.74) is 4.77. The van der Waals surface area contributed by atoms with Crippen molar-refractivity contribution < 1.29 is 27.9 Å². The van der Waals surface area contributed by atoms with E-state index in [2.05, 4.69) is 43.4 Å². The molecule has 2 heterocycles. The minimum Gasteiger partial charge on any atom is -0.475 e. The molecule has 1 aromatic heterocycles. The van der Waals surface area contributed by atoms with Crippen LogP contribution in [0.15, 0.2) is 48.7 Å². The van der Waals surface area contributed by atoms with Crippen LogP contribution < -0.4 is 21.3 Å². The number of carboxylic acids is 1. The van der Waals surface area contributed by atoms with E-state index >= 15 is 0 Å². The number of amides is 2. The molecular weight excluding hydrogens is 513 g/mol. The summed E-state index contributed by atoms with van der Waals surface area (Å²) >= 11 is 6.31. The molecule has 37 heavy (non-hydrogen) atoms. The highest BCUT2D eigenvalue weighted by Crippen LogP contribution is 2.29. The van der Waals surface area contributed by atoms with Crippen LogP contribution in [0.4, 0.5) is 46.8 Å². The average molecular weight is 535 g/mol. The van der Waals surface area contributed by atoms with Gasteiger partial charge < -0.3 is 26.4 Å². The van der Waals surface area contributed by atoms with Crippen LogP contribution >= 0.6 is 11.6 Å². The zero-order valence-electron chi connectivity index (χ0n) is 19.2. The zero-order chi connectivity index (χ0) is 26.6. The summed E-state index contributed by atoms with van der Waals surface area (Å²) in [6.07, 6.45) is 0.193. The van der Waals surface area contributed by atoms with E-state index in [1.54, 1.807) is 6.20 Å². The van der Waals surface area contributed by atoms with Gasteiger partial charge in [-0.1, -0.05) is 23.7 Å². The van der Waals surface area contributed by atoms with E-state index in [0.29, 0.717) is 22.8 Å². The summed E-state index contributed by atoms with van der Waals surface area (Å²) in [6.45, 7) is 0. The van der Waals surface area contributed by atoms with Crippen molar-refractivity contribution in [2.24, 2.45) is 0 Å². The van der Waals surface area contributed by atoms with Crippen LogP contribution in [0.25, 0.3) is 0 Å². The first kappa shape index (κ1) is 26.0. The topological polar surface area (TPSA) is 128 Å². The van der Waals surface area contributed by atoms with Crippen molar-refractivity contribution >= 4 is 52.4 Å². The molecule has 0 atom stereocenters. The molecule has 5 N–H and O–H groups in total. The predicted octanol–water partition coefficient (Wildman–Crippen LogP) is 5.63. The summed E-state index contributed by atoms with van der Waals surface area (Å²) in [7, 11) is 0. The molecule has 6 bridgehead atoms. The van der Waals surface area contributed by atoms with Gasteiger partial charge in [0.05, 0.1) is 6.20 Å². The Morgan fingerprint density at radius 3 is 2.49 bits per heavy atom. The summed E-state index contributed by atoms with van der Waals surface area (Å²) in [4.78, 5) is 30.0. The number of anilines is 5. The van der Waals surface area contributed by atoms with Gasteiger partial charge in [-0.25, -0.2) is 14.6 Å². The molecule has 2 aromatic carbocycles. The largest absolute Gasteiger partial charge is 0.490 e. The second-order valence-corrected chi connectivity index (χ2v) is 8.80. The van der Waals surface area contributed by atoms with Gasteiger partial charge in [-0.2, -0.15) is 18.2 Å². The molecule has 9 nitrogen and oxygen atoms in total. The third kappa shape index (κ3) is 7.46. The number of urea groups is 1. The Bertz CT molecular complexity index is 1320. The number of carbonyl (C=O) groups is 2. The standard InChI is InChI=1S/C22H21ClN6O.C2HF3O2/c23-18-12-24-21-26-16-3-1-2-13(10-16)4-5-14-11-17(25-20(18)29-21)8-9-19(14)28-22(30)27-15-6-7-15;3-2(4,5)1(6)7/h1-3,8-12,15H,4-7H2,(H2,27,28,30)(H2,24,25,26,29);(H,6,7). The molecule has 3 aromatic rings. The fourth-order valence-corrected chi connectivity index (χ4v) is 3.57. The van der Waals surface area contributed by atoms with E-state index < -0.39 is 12.1 Å². The van der Waals surface area contributed by atoms with E-state index in [4.69, 9.17) is 21.5 Å². The number of halogens is 4. The number of hydrogen-bond donors (Lipinski definition) is 5. The molecule has 1 aliphatic carbocycles. The van der Waals surface area contributed by atoms with E-state index in [9.17, 15) is 18.0 Å². The molecule has 0 unspecified atom stereocenters.